The van der Waals surface area contributed by atoms with Crippen molar-refractivity contribution in [3.05, 3.63) is 34.9 Å². The molecule has 2 aromatic rings. The highest BCUT2D eigenvalue weighted by Crippen LogP contribution is 2.34. The van der Waals surface area contributed by atoms with Gasteiger partial charge in [-0.15, -0.1) is 0 Å². The van der Waals surface area contributed by atoms with E-state index < -0.39 is 5.97 Å². The van der Waals surface area contributed by atoms with Crippen LogP contribution in [0.1, 0.15) is 54.2 Å². The van der Waals surface area contributed by atoms with Crippen LogP contribution in [0.15, 0.2) is 18.3 Å². The van der Waals surface area contributed by atoms with Gasteiger partial charge in [-0.05, 0) is 25.0 Å². The van der Waals surface area contributed by atoms with Crippen molar-refractivity contribution in [3.8, 4) is 0 Å². The first-order valence-electron chi connectivity index (χ1n) is 6.57. The van der Waals surface area contributed by atoms with E-state index in [1.807, 2.05) is 4.40 Å². The number of carbonyl (C=O) groups is 1. The Balaban J connectivity index is 2.12. The summed E-state index contributed by atoms with van der Waals surface area (Å²) in [5.74, 6) is 0.363. The third kappa shape index (κ3) is 2.21. The Morgan fingerprint density at radius 3 is 2.74 bits per heavy atom. The van der Waals surface area contributed by atoms with Crippen molar-refractivity contribution in [1.82, 2.24) is 9.38 Å². The lowest BCUT2D eigenvalue weighted by Gasteiger charge is -2.20. The van der Waals surface area contributed by atoms with Crippen LogP contribution in [0.4, 0.5) is 0 Å². The van der Waals surface area contributed by atoms with Gasteiger partial charge in [-0.2, -0.15) is 0 Å². The molecule has 1 fully saturated rings. The summed E-state index contributed by atoms with van der Waals surface area (Å²) in [6.07, 6.45) is 7.51. The fraction of sp³-hybridized carbons (Fsp3) is 0.429. The fourth-order valence-corrected chi connectivity index (χ4v) is 3.09. The number of rotatable bonds is 2. The van der Waals surface area contributed by atoms with Crippen LogP contribution < -0.4 is 0 Å². The summed E-state index contributed by atoms with van der Waals surface area (Å²) < 4.78 is 1.85. The Morgan fingerprint density at radius 2 is 2.05 bits per heavy atom. The molecule has 100 valence electrons. The Labute approximate surface area is 116 Å². The first-order chi connectivity index (χ1) is 9.16. The summed E-state index contributed by atoms with van der Waals surface area (Å²) in [4.78, 5) is 15.5. The minimum Gasteiger partial charge on any atom is -0.478 e. The van der Waals surface area contributed by atoms with Crippen LogP contribution in [0.25, 0.3) is 5.52 Å². The van der Waals surface area contributed by atoms with Crippen molar-refractivity contribution in [3.63, 3.8) is 0 Å². The Hall–Kier alpha value is -1.55. The molecule has 0 saturated heterocycles. The van der Waals surface area contributed by atoms with Gasteiger partial charge in [-0.1, -0.05) is 30.9 Å². The van der Waals surface area contributed by atoms with Gasteiger partial charge in [0.05, 0.1) is 11.1 Å². The number of carboxylic acid groups (broad SMARTS) is 1. The summed E-state index contributed by atoms with van der Waals surface area (Å²) in [5.41, 5.74) is 1.05. The first kappa shape index (κ1) is 12.5. The molecule has 0 bridgehead atoms. The number of hydrogen-bond acceptors (Lipinski definition) is 2. The van der Waals surface area contributed by atoms with Crippen LogP contribution >= 0.6 is 11.6 Å². The van der Waals surface area contributed by atoms with Crippen molar-refractivity contribution in [2.45, 2.75) is 38.0 Å². The van der Waals surface area contributed by atoms with Crippen LogP contribution in [0.3, 0.4) is 0 Å². The average Bonchev–Trinajstić information content (AvgIpc) is 2.77. The van der Waals surface area contributed by atoms with Crippen molar-refractivity contribution in [2.24, 2.45) is 0 Å². The van der Waals surface area contributed by atoms with Crippen molar-refractivity contribution < 1.29 is 9.90 Å². The SMILES string of the molecule is O=C(O)c1ccc2c(Cl)nc(C3CCCCC3)n2c1. The highest BCUT2D eigenvalue weighted by molar-refractivity contribution is 6.32. The molecule has 5 heteroatoms. The normalized spacial score (nSPS) is 16.9. The van der Waals surface area contributed by atoms with Crippen LogP contribution in [0, 0.1) is 0 Å². The lowest BCUT2D eigenvalue weighted by atomic mass is 9.89. The van der Waals surface area contributed by atoms with Crippen LogP contribution in [-0.2, 0) is 0 Å². The summed E-state index contributed by atoms with van der Waals surface area (Å²) in [6, 6.07) is 3.29. The van der Waals surface area contributed by atoms with E-state index >= 15 is 0 Å². The molecule has 0 aliphatic heterocycles. The molecule has 0 unspecified atom stereocenters. The molecule has 0 spiro atoms. The second-order valence-corrected chi connectivity index (χ2v) is 5.43. The molecule has 1 aliphatic rings. The van der Waals surface area contributed by atoms with Crippen LogP contribution in [-0.4, -0.2) is 20.5 Å². The molecule has 19 heavy (non-hydrogen) atoms. The first-order valence-corrected chi connectivity index (χ1v) is 6.95. The molecule has 0 amide bonds. The largest absolute Gasteiger partial charge is 0.478 e. The van der Waals surface area contributed by atoms with Crippen molar-refractivity contribution in [1.29, 1.82) is 0 Å². The molecular weight excluding hydrogens is 264 g/mol. The topological polar surface area (TPSA) is 54.6 Å². The molecule has 0 radical (unpaired) electrons. The van der Waals surface area contributed by atoms with E-state index in [-0.39, 0.29) is 5.56 Å². The quantitative estimate of drug-likeness (QED) is 0.910. The van der Waals surface area contributed by atoms with E-state index in [1.165, 1.54) is 19.3 Å². The zero-order valence-electron chi connectivity index (χ0n) is 10.5. The van der Waals surface area contributed by atoms with E-state index in [4.69, 9.17) is 16.7 Å². The highest BCUT2D eigenvalue weighted by Gasteiger charge is 2.22. The number of imidazole rings is 1. The van der Waals surface area contributed by atoms with E-state index in [1.54, 1.807) is 18.3 Å². The molecule has 0 atom stereocenters. The molecule has 1 saturated carbocycles. The molecular formula is C14H15ClN2O2. The van der Waals surface area contributed by atoms with Gasteiger partial charge in [0.2, 0.25) is 0 Å². The number of fused-ring (bicyclic) bond motifs is 1. The van der Waals surface area contributed by atoms with E-state index in [0.29, 0.717) is 11.1 Å². The van der Waals surface area contributed by atoms with E-state index in [2.05, 4.69) is 4.98 Å². The molecule has 2 aromatic heterocycles. The predicted octanol–water partition coefficient (Wildman–Crippen LogP) is 3.73. The number of carboxylic acids is 1. The summed E-state index contributed by atoms with van der Waals surface area (Å²) in [6.45, 7) is 0. The standard InChI is InChI=1S/C14H15ClN2O2/c15-12-11-7-6-10(14(18)19)8-17(11)13(16-12)9-4-2-1-3-5-9/h6-9H,1-5H2,(H,18,19). The van der Waals surface area contributed by atoms with Crippen LogP contribution in [0.5, 0.6) is 0 Å². The summed E-state index contributed by atoms with van der Waals surface area (Å²) >= 11 is 6.15. The second-order valence-electron chi connectivity index (χ2n) is 5.07. The van der Waals surface area contributed by atoms with Gasteiger partial charge in [-0.3, -0.25) is 0 Å². The molecule has 4 nitrogen and oxygen atoms in total. The van der Waals surface area contributed by atoms with Gasteiger partial charge in [0, 0.05) is 12.1 Å². The van der Waals surface area contributed by atoms with Crippen molar-refractivity contribution in [2.75, 3.05) is 0 Å². The lowest BCUT2D eigenvalue weighted by molar-refractivity contribution is 0.0696. The number of nitrogens with zero attached hydrogens (tertiary/aromatic N) is 2. The third-order valence-corrected chi connectivity index (χ3v) is 4.11. The predicted molar refractivity (Wildman–Crippen MR) is 73.0 cm³/mol. The third-order valence-electron chi connectivity index (χ3n) is 3.84. The van der Waals surface area contributed by atoms with E-state index in [0.717, 1.165) is 24.2 Å². The van der Waals surface area contributed by atoms with Gasteiger partial charge in [0.15, 0.2) is 5.15 Å². The van der Waals surface area contributed by atoms with Gasteiger partial charge >= 0.3 is 5.97 Å². The van der Waals surface area contributed by atoms with Gasteiger partial charge in [0.25, 0.3) is 0 Å². The smallest absolute Gasteiger partial charge is 0.337 e. The molecule has 3 rings (SSSR count). The maximum Gasteiger partial charge on any atom is 0.337 e. The lowest BCUT2D eigenvalue weighted by Crippen LogP contribution is -2.09. The number of hydrogen-bond donors (Lipinski definition) is 1. The van der Waals surface area contributed by atoms with E-state index in [9.17, 15) is 4.79 Å². The maximum atomic E-state index is 11.1. The molecule has 2 heterocycles. The molecule has 1 aliphatic carbocycles. The minimum atomic E-state index is -0.929. The summed E-state index contributed by atoms with van der Waals surface area (Å²) in [5, 5.41) is 9.54. The van der Waals surface area contributed by atoms with Gasteiger partial charge < -0.3 is 9.51 Å². The zero-order valence-corrected chi connectivity index (χ0v) is 11.2. The fourth-order valence-electron chi connectivity index (χ4n) is 2.85. The monoisotopic (exact) mass is 278 g/mol. The summed E-state index contributed by atoms with van der Waals surface area (Å²) in [7, 11) is 0. The second kappa shape index (κ2) is 4.85. The number of aromatic carboxylic acids is 1. The number of halogens is 1. The van der Waals surface area contributed by atoms with Gasteiger partial charge in [0.1, 0.15) is 5.82 Å². The molecule has 1 N–H and O–H groups in total. The van der Waals surface area contributed by atoms with Crippen LogP contribution in [0.2, 0.25) is 5.15 Å². The Morgan fingerprint density at radius 1 is 1.32 bits per heavy atom. The minimum absolute atomic E-state index is 0.263. The van der Waals surface area contributed by atoms with Crippen molar-refractivity contribution >= 4 is 23.1 Å². The van der Waals surface area contributed by atoms with Gasteiger partial charge in [-0.25, -0.2) is 9.78 Å². The zero-order chi connectivity index (χ0) is 13.4. The number of pyridine rings is 1. The average molecular weight is 279 g/mol. The number of aromatic nitrogens is 2. The molecule has 0 aromatic carbocycles. The highest BCUT2D eigenvalue weighted by atomic mass is 35.5. The Kier molecular flexibility index (Phi) is 3.19. The maximum absolute atomic E-state index is 11.1. The Bertz CT molecular complexity index is 630.